The number of aromatic nitrogens is 2. The molecule has 6 nitrogen and oxygen atoms in total. The fourth-order valence-electron chi connectivity index (χ4n) is 3.29. The van der Waals surface area contributed by atoms with E-state index in [0.717, 1.165) is 22.6 Å². The van der Waals surface area contributed by atoms with Crippen LogP contribution in [-0.4, -0.2) is 27.7 Å². The first-order valence-corrected chi connectivity index (χ1v) is 11.2. The van der Waals surface area contributed by atoms with Crippen molar-refractivity contribution in [3.8, 4) is 33.2 Å². The summed E-state index contributed by atoms with van der Waals surface area (Å²) in [6, 6.07) is 13.5. The van der Waals surface area contributed by atoms with Gasteiger partial charge in [-0.1, -0.05) is 18.2 Å². The third kappa shape index (κ3) is 5.96. The van der Waals surface area contributed by atoms with Crippen molar-refractivity contribution in [2.75, 3.05) is 6.61 Å². The van der Waals surface area contributed by atoms with Crippen molar-refractivity contribution in [3.63, 3.8) is 0 Å². The average molecular weight is 500 g/mol. The van der Waals surface area contributed by atoms with Gasteiger partial charge in [0.25, 0.3) is 0 Å². The number of aryl methyl sites for hydroxylation is 1. The Hall–Kier alpha value is -3.92. The Morgan fingerprint density at radius 3 is 2.46 bits per heavy atom. The first-order chi connectivity index (χ1) is 16.7. The summed E-state index contributed by atoms with van der Waals surface area (Å²) < 4.78 is 50.1. The Kier molecular flexibility index (Phi) is 7.02. The molecule has 2 heterocycles. The molecule has 0 radical (unpaired) electrons. The molecular weight excluding hydrogens is 481 g/mol. The molecule has 0 amide bonds. The Morgan fingerprint density at radius 1 is 1.06 bits per heavy atom. The zero-order valence-corrected chi connectivity index (χ0v) is 19.2. The van der Waals surface area contributed by atoms with E-state index in [4.69, 9.17) is 14.6 Å². The lowest BCUT2D eigenvalue weighted by Gasteiger charge is -2.09. The van der Waals surface area contributed by atoms with E-state index in [0.29, 0.717) is 33.3 Å². The highest BCUT2D eigenvalue weighted by Gasteiger charge is 2.30. The minimum absolute atomic E-state index is 0.132. The van der Waals surface area contributed by atoms with Crippen LogP contribution in [-0.2, 0) is 17.6 Å². The van der Waals surface area contributed by atoms with Gasteiger partial charge in [0.05, 0.1) is 16.1 Å². The van der Waals surface area contributed by atoms with Gasteiger partial charge in [0.1, 0.15) is 23.1 Å². The summed E-state index contributed by atoms with van der Waals surface area (Å²) in [5.41, 5.74) is 1.87. The molecule has 0 aliphatic rings. The van der Waals surface area contributed by atoms with Crippen molar-refractivity contribution in [1.29, 1.82) is 0 Å². The van der Waals surface area contributed by atoms with Crippen molar-refractivity contribution < 1.29 is 32.5 Å². The normalized spacial score (nSPS) is 11.3. The first-order valence-electron chi connectivity index (χ1n) is 10.4. The quantitative estimate of drug-likeness (QED) is 0.308. The summed E-state index contributed by atoms with van der Waals surface area (Å²) in [5, 5.41) is 9.39. The summed E-state index contributed by atoms with van der Waals surface area (Å²) in [5.74, 6) is -0.0846. The topological polar surface area (TPSA) is 81.5 Å². The van der Waals surface area contributed by atoms with Gasteiger partial charge in [-0.25, -0.2) is 9.78 Å². The molecular formula is C25H19F3N2O4S. The van der Waals surface area contributed by atoms with Gasteiger partial charge in [-0.3, -0.25) is 4.98 Å². The SMILES string of the molecule is Cc1cc(OCc2nc(-c3ccc(C(F)(F)F)cc3)c(-c3cccnc3)s2)ccc1OCC(=O)O. The maximum absolute atomic E-state index is 13.0. The number of carboxylic acid groups (broad SMARTS) is 1. The van der Waals surface area contributed by atoms with Crippen LogP contribution in [0.4, 0.5) is 13.2 Å². The van der Waals surface area contributed by atoms with Crippen molar-refractivity contribution in [1.82, 2.24) is 9.97 Å². The molecule has 0 aliphatic heterocycles. The van der Waals surface area contributed by atoms with E-state index < -0.39 is 24.3 Å². The van der Waals surface area contributed by atoms with E-state index in [-0.39, 0.29) is 6.61 Å². The third-order valence-corrected chi connectivity index (χ3v) is 6.02. The lowest BCUT2D eigenvalue weighted by atomic mass is 10.1. The van der Waals surface area contributed by atoms with Crippen LogP contribution in [0.3, 0.4) is 0 Å². The highest BCUT2D eigenvalue weighted by molar-refractivity contribution is 7.15. The Balaban J connectivity index is 1.58. The molecule has 0 aliphatic carbocycles. The molecule has 2 aromatic heterocycles. The molecule has 180 valence electrons. The summed E-state index contributed by atoms with van der Waals surface area (Å²) in [6.07, 6.45) is -1.11. The molecule has 4 aromatic rings. The van der Waals surface area contributed by atoms with Gasteiger partial charge in [-0.15, -0.1) is 11.3 Å². The van der Waals surface area contributed by atoms with E-state index in [9.17, 15) is 18.0 Å². The predicted octanol–water partition coefficient (Wildman–Crippen LogP) is 6.24. The van der Waals surface area contributed by atoms with Crippen LogP contribution in [0.1, 0.15) is 16.1 Å². The number of carboxylic acids is 1. The Morgan fingerprint density at radius 2 is 1.83 bits per heavy atom. The number of hydrogen-bond donors (Lipinski definition) is 1. The molecule has 0 saturated carbocycles. The monoisotopic (exact) mass is 500 g/mol. The molecule has 35 heavy (non-hydrogen) atoms. The molecule has 1 N–H and O–H groups in total. The number of rotatable bonds is 8. The van der Waals surface area contributed by atoms with Gasteiger partial charge < -0.3 is 14.6 Å². The largest absolute Gasteiger partial charge is 0.486 e. The summed E-state index contributed by atoms with van der Waals surface area (Å²) >= 11 is 1.37. The lowest BCUT2D eigenvalue weighted by Crippen LogP contribution is -2.10. The third-order valence-electron chi connectivity index (χ3n) is 4.94. The molecule has 4 rings (SSSR count). The van der Waals surface area contributed by atoms with Gasteiger partial charge in [-0.2, -0.15) is 13.2 Å². The molecule has 0 fully saturated rings. The second-order valence-electron chi connectivity index (χ2n) is 7.50. The summed E-state index contributed by atoms with van der Waals surface area (Å²) in [4.78, 5) is 20.3. The molecule has 0 bridgehead atoms. The minimum Gasteiger partial charge on any atom is -0.486 e. The Labute approximate surface area is 202 Å². The number of halogens is 3. The van der Waals surface area contributed by atoms with Crippen molar-refractivity contribution in [3.05, 3.63) is 83.1 Å². The van der Waals surface area contributed by atoms with Crippen LogP contribution in [0.2, 0.25) is 0 Å². The summed E-state index contributed by atoms with van der Waals surface area (Å²) in [7, 11) is 0. The smallest absolute Gasteiger partial charge is 0.416 e. The minimum atomic E-state index is -4.42. The number of benzene rings is 2. The fourth-order valence-corrected chi connectivity index (χ4v) is 4.28. The van der Waals surface area contributed by atoms with Crippen LogP contribution in [0.25, 0.3) is 21.7 Å². The van der Waals surface area contributed by atoms with Gasteiger partial charge in [0, 0.05) is 23.5 Å². The Bertz CT molecular complexity index is 1320. The van der Waals surface area contributed by atoms with Gasteiger partial charge in [0.15, 0.2) is 6.61 Å². The van der Waals surface area contributed by atoms with E-state index in [1.54, 1.807) is 43.6 Å². The first kappa shape index (κ1) is 24.2. The highest BCUT2D eigenvalue weighted by atomic mass is 32.1. The number of thiazole rings is 1. The van der Waals surface area contributed by atoms with Crippen LogP contribution >= 0.6 is 11.3 Å². The maximum atomic E-state index is 13.0. The molecule has 0 unspecified atom stereocenters. The molecule has 2 aromatic carbocycles. The zero-order chi connectivity index (χ0) is 25.0. The molecule has 0 atom stereocenters. The van der Waals surface area contributed by atoms with Gasteiger partial charge in [-0.05, 0) is 48.9 Å². The van der Waals surface area contributed by atoms with Gasteiger partial charge in [0.2, 0.25) is 0 Å². The van der Waals surface area contributed by atoms with Crippen LogP contribution in [0.5, 0.6) is 11.5 Å². The van der Waals surface area contributed by atoms with Crippen LogP contribution in [0.15, 0.2) is 67.0 Å². The van der Waals surface area contributed by atoms with Crippen molar-refractivity contribution in [2.24, 2.45) is 0 Å². The number of hydrogen-bond acceptors (Lipinski definition) is 6. The van der Waals surface area contributed by atoms with Crippen molar-refractivity contribution >= 4 is 17.3 Å². The molecule has 0 saturated heterocycles. The predicted molar refractivity (Wildman–Crippen MR) is 124 cm³/mol. The van der Waals surface area contributed by atoms with E-state index in [1.165, 1.54) is 23.5 Å². The fraction of sp³-hybridized carbons (Fsp3) is 0.160. The standard InChI is InChI=1S/C25H19F3N2O4S/c1-15-11-19(8-9-20(15)34-14-22(31)32)33-13-21-30-23(24(35-21)17-3-2-10-29-12-17)16-4-6-18(7-5-16)25(26,27)28/h2-12H,13-14H2,1H3,(H,31,32). The lowest BCUT2D eigenvalue weighted by molar-refractivity contribution is -0.139. The van der Waals surface area contributed by atoms with Crippen LogP contribution in [0, 0.1) is 6.92 Å². The number of nitrogens with zero attached hydrogens (tertiary/aromatic N) is 2. The number of aliphatic carboxylic acids is 1. The van der Waals surface area contributed by atoms with Crippen LogP contribution < -0.4 is 9.47 Å². The number of alkyl halides is 3. The number of carbonyl (C=O) groups is 1. The second kappa shape index (κ2) is 10.1. The molecule has 10 heteroatoms. The van der Waals surface area contributed by atoms with E-state index >= 15 is 0 Å². The van der Waals surface area contributed by atoms with E-state index in [2.05, 4.69) is 9.97 Å². The summed E-state index contributed by atoms with van der Waals surface area (Å²) in [6.45, 7) is 1.47. The second-order valence-corrected chi connectivity index (χ2v) is 8.58. The highest BCUT2D eigenvalue weighted by Crippen LogP contribution is 2.38. The molecule has 0 spiro atoms. The van der Waals surface area contributed by atoms with E-state index in [1.807, 2.05) is 6.07 Å². The zero-order valence-electron chi connectivity index (χ0n) is 18.4. The number of ether oxygens (including phenoxy) is 2. The average Bonchev–Trinajstić information content (AvgIpc) is 3.26. The number of pyridine rings is 1. The van der Waals surface area contributed by atoms with Gasteiger partial charge >= 0.3 is 12.1 Å². The maximum Gasteiger partial charge on any atom is 0.416 e. The van der Waals surface area contributed by atoms with Crippen molar-refractivity contribution in [2.45, 2.75) is 19.7 Å².